The monoisotopic (exact) mass is 386 g/mol. The molecule has 0 aliphatic rings. The molecular weight excluding hydrogens is 360 g/mol. The van der Waals surface area contributed by atoms with Gasteiger partial charge in [0.05, 0.1) is 0 Å². The van der Waals surface area contributed by atoms with E-state index in [1.807, 2.05) is 5.70 Å². The van der Waals surface area contributed by atoms with Crippen molar-refractivity contribution >= 4 is 29.6 Å². The van der Waals surface area contributed by atoms with Crippen molar-refractivity contribution in [2.75, 3.05) is 0 Å². The number of carbonyl (C=O) groups is 1. The summed E-state index contributed by atoms with van der Waals surface area (Å²) in [6.45, 7) is 7.96. The van der Waals surface area contributed by atoms with Crippen molar-refractivity contribution in [2.24, 2.45) is 0 Å². The third-order valence-corrected chi connectivity index (χ3v) is 9.72. The van der Waals surface area contributed by atoms with Crippen LogP contribution in [0.15, 0.2) is 84.1 Å². The number of rotatable bonds is 5. The molecule has 0 heterocycles. The summed E-state index contributed by atoms with van der Waals surface area (Å²) in [5.41, 5.74) is 5.95. The van der Waals surface area contributed by atoms with Crippen LogP contribution in [0.4, 0.5) is 0 Å². The number of aryl methyl sites for hydroxylation is 3. The zero-order valence-electron chi connectivity index (χ0n) is 16.9. The van der Waals surface area contributed by atoms with Crippen LogP contribution in [-0.2, 0) is 4.79 Å². The Morgan fingerprint density at radius 2 is 1.11 bits per heavy atom. The Balaban J connectivity index is 2.48. The second-order valence-corrected chi connectivity index (χ2v) is 11.2. The van der Waals surface area contributed by atoms with Crippen molar-refractivity contribution in [1.29, 1.82) is 0 Å². The van der Waals surface area contributed by atoms with E-state index < -0.39 is 14.0 Å². The lowest BCUT2D eigenvalue weighted by Gasteiger charge is -2.32. The number of hydrogen-bond donors (Lipinski definition) is 1. The summed E-state index contributed by atoms with van der Waals surface area (Å²) in [6.07, 6.45) is 0. The van der Waals surface area contributed by atoms with E-state index in [9.17, 15) is 9.90 Å². The Morgan fingerprint density at radius 3 is 1.39 bits per heavy atom. The molecule has 3 aromatic rings. The third kappa shape index (κ3) is 3.85. The Hall–Kier alpha value is -2.91. The van der Waals surface area contributed by atoms with Crippen LogP contribution in [0.25, 0.3) is 0 Å². The third-order valence-electron chi connectivity index (χ3n) is 5.19. The topological polar surface area (TPSA) is 37.3 Å². The van der Waals surface area contributed by atoms with Gasteiger partial charge in [-0.25, -0.2) is 4.79 Å². The summed E-state index contributed by atoms with van der Waals surface area (Å²) >= 11 is 0. The standard InChI is InChI=1S/C25H26O2Si/c1-18-8-5-11-22(14-18)28(17-21(4)25(26)27,23-12-6-9-19(2)15-23)24-13-7-10-20(3)16-24/h5-17H,1-4H3,(H,26,27). The summed E-state index contributed by atoms with van der Waals surface area (Å²) in [7, 11) is -2.69. The Kier molecular flexibility index (Phi) is 5.66. The van der Waals surface area contributed by atoms with E-state index in [1.165, 1.54) is 32.3 Å². The summed E-state index contributed by atoms with van der Waals surface area (Å²) in [5, 5.41) is 13.3. The molecule has 3 rings (SSSR count). The summed E-state index contributed by atoms with van der Waals surface area (Å²) < 4.78 is 0. The van der Waals surface area contributed by atoms with Gasteiger partial charge in [-0.3, -0.25) is 0 Å². The first kappa shape index (κ1) is 19.8. The molecule has 0 aromatic heterocycles. The van der Waals surface area contributed by atoms with Crippen molar-refractivity contribution in [3.05, 3.63) is 101 Å². The SMILES string of the molecule is CC(=C[Si](c1cccc(C)c1)(c1cccc(C)c1)c1cccc(C)c1)C(=O)O. The molecule has 3 aromatic carbocycles. The van der Waals surface area contributed by atoms with Crippen LogP contribution in [0.2, 0.25) is 0 Å². The quantitative estimate of drug-likeness (QED) is 0.413. The second-order valence-electron chi connectivity index (χ2n) is 7.55. The fourth-order valence-electron chi connectivity index (χ4n) is 3.81. The van der Waals surface area contributed by atoms with Crippen molar-refractivity contribution in [3.63, 3.8) is 0 Å². The molecule has 142 valence electrons. The maximum atomic E-state index is 11.8. The molecule has 0 radical (unpaired) electrons. The maximum Gasteiger partial charge on any atom is 0.330 e. The molecule has 0 bridgehead atoms. The Morgan fingerprint density at radius 1 is 0.750 bits per heavy atom. The number of carboxylic acid groups (broad SMARTS) is 1. The van der Waals surface area contributed by atoms with Crippen molar-refractivity contribution in [2.45, 2.75) is 27.7 Å². The van der Waals surface area contributed by atoms with E-state index in [0.29, 0.717) is 5.57 Å². The van der Waals surface area contributed by atoms with Gasteiger partial charge in [0.1, 0.15) is 0 Å². The number of hydrogen-bond acceptors (Lipinski definition) is 1. The maximum absolute atomic E-state index is 11.8. The molecule has 0 aliphatic heterocycles. The van der Waals surface area contributed by atoms with Gasteiger partial charge in [-0.2, -0.15) is 0 Å². The van der Waals surface area contributed by atoms with Gasteiger partial charge >= 0.3 is 5.97 Å². The Labute approximate surface area is 168 Å². The fourth-order valence-corrected chi connectivity index (χ4v) is 8.52. The molecule has 0 atom stereocenters. The highest BCUT2D eigenvalue weighted by atomic mass is 28.3. The number of aliphatic carboxylic acids is 1. The van der Waals surface area contributed by atoms with Crippen molar-refractivity contribution < 1.29 is 9.90 Å². The zero-order chi connectivity index (χ0) is 20.3. The largest absolute Gasteiger partial charge is 0.478 e. The van der Waals surface area contributed by atoms with Gasteiger partial charge < -0.3 is 5.11 Å². The van der Waals surface area contributed by atoms with Gasteiger partial charge in [-0.1, -0.05) is 95.2 Å². The summed E-state index contributed by atoms with van der Waals surface area (Å²) in [6, 6.07) is 25.6. The minimum atomic E-state index is -2.69. The average molecular weight is 387 g/mol. The average Bonchev–Trinajstić information content (AvgIpc) is 2.65. The number of benzene rings is 3. The number of carboxylic acids is 1. The minimum Gasteiger partial charge on any atom is -0.478 e. The van der Waals surface area contributed by atoms with Crippen LogP contribution < -0.4 is 15.6 Å². The van der Waals surface area contributed by atoms with Crippen molar-refractivity contribution in [3.8, 4) is 0 Å². The predicted molar refractivity (Wildman–Crippen MR) is 120 cm³/mol. The van der Waals surface area contributed by atoms with Gasteiger partial charge in [0.2, 0.25) is 0 Å². The lowest BCUT2D eigenvalue weighted by atomic mass is 10.2. The van der Waals surface area contributed by atoms with E-state index in [1.54, 1.807) is 6.92 Å². The van der Waals surface area contributed by atoms with Gasteiger partial charge in [0, 0.05) is 5.57 Å². The normalized spacial score (nSPS) is 12.1. The van der Waals surface area contributed by atoms with Gasteiger partial charge in [0.15, 0.2) is 8.07 Å². The molecule has 0 spiro atoms. The predicted octanol–water partition coefficient (Wildman–Crippen LogP) is 3.65. The van der Waals surface area contributed by atoms with E-state index in [2.05, 4.69) is 93.6 Å². The lowest BCUT2D eigenvalue weighted by Crippen LogP contribution is -2.66. The molecule has 2 nitrogen and oxygen atoms in total. The smallest absolute Gasteiger partial charge is 0.330 e. The van der Waals surface area contributed by atoms with Crippen LogP contribution in [0.3, 0.4) is 0 Å². The highest BCUT2D eigenvalue weighted by molar-refractivity contribution is 7.15. The second kappa shape index (κ2) is 7.99. The van der Waals surface area contributed by atoms with Crippen LogP contribution in [0.1, 0.15) is 23.6 Å². The zero-order valence-corrected chi connectivity index (χ0v) is 17.9. The van der Waals surface area contributed by atoms with E-state index in [-0.39, 0.29) is 0 Å². The Bertz CT molecular complexity index is 939. The molecular formula is C25H26O2Si. The van der Waals surface area contributed by atoms with Crippen LogP contribution in [0.5, 0.6) is 0 Å². The van der Waals surface area contributed by atoms with Gasteiger partial charge in [-0.15, -0.1) is 0 Å². The molecule has 0 fully saturated rings. The first-order chi connectivity index (χ1) is 13.3. The molecule has 0 saturated carbocycles. The van der Waals surface area contributed by atoms with Crippen LogP contribution in [-0.4, -0.2) is 19.1 Å². The van der Waals surface area contributed by atoms with Gasteiger partial charge in [0.25, 0.3) is 0 Å². The molecule has 3 heteroatoms. The molecule has 0 unspecified atom stereocenters. The molecule has 0 saturated heterocycles. The highest BCUT2D eigenvalue weighted by Crippen LogP contribution is 2.15. The summed E-state index contributed by atoms with van der Waals surface area (Å²) in [5.74, 6) is -0.871. The highest BCUT2D eigenvalue weighted by Gasteiger charge is 2.38. The minimum absolute atomic E-state index is 0.385. The molecule has 0 aliphatic carbocycles. The van der Waals surface area contributed by atoms with E-state index >= 15 is 0 Å². The molecule has 28 heavy (non-hydrogen) atoms. The first-order valence-electron chi connectivity index (χ1n) is 9.47. The van der Waals surface area contributed by atoms with E-state index in [4.69, 9.17) is 0 Å². The van der Waals surface area contributed by atoms with Crippen LogP contribution >= 0.6 is 0 Å². The van der Waals surface area contributed by atoms with Crippen LogP contribution in [0, 0.1) is 20.8 Å². The lowest BCUT2D eigenvalue weighted by molar-refractivity contribution is -0.132. The summed E-state index contributed by atoms with van der Waals surface area (Å²) in [4.78, 5) is 11.8. The first-order valence-corrected chi connectivity index (χ1v) is 11.5. The van der Waals surface area contributed by atoms with Crippen molar-refractivity contribution in [1.82, 2.24) is 0 Å². The fraction of sp³-hybridized carbons (Fsp3) is 0.160. The van der Waals surface area contributed by atoms with E-state index in [0.717, 1.165) is 0 Å². The van der Waals surface area contributed by atoms with Gasteiger partial charge in [-0.05, 0) is 43.3 Å². The molecule has 0 amide bonds. The molecule has 1 N–H and O–H groups in total.